The van der Waals surface area contributed by atoms with Gasteiger partial charge in [-0.2, -0.15) is 0 Å². The Hall–Kier alpha value is -2.95. The van der Waals surface area contributed by atoms with Crippen molar-refractivity contribution in [2.75, 3.05) is 0 Å². The molecule has 0 aromatic heterocycles. The fourth-order valence-electron chi connectivity index (χ4n) is 3.74. The molecule has 1 heteroatoms. The van der Waals surface area contributed by atoms with Gasteiger partial charge in [0.15, 0.2) is 0 Å². The Bertz CT molecular complexity index is 953. The van der Waals surface area contributed by atoms with Crippen molar-refractivity contribution in [1.82, 2.24) is 0 Å². The van der Waals surface area contributed by atoms with E-state index in [4.69, 9.17) is 6.58 Å². The molecule has 0 heterocycles. The maximum absolute atomic E-state index is 7.09. The van der Waals surface area contributed by atoms with Crippen LogP contribution in [0.2, 0.25) is 0 Å². The lowest BCUT2D eigenvalue weighted by Gasteiger charge is -2.34. The highest BCUT2D eigenvalue weighted by atomic mass is 31.2. The molecular formula is C27H23P. The lowest BCUT2D eigenvalue weighted by Crippen LogP contribution is -2.31. The second kappa shape index (κ2) is 7.97. The smallest absolute Gasteiger partial charge is 0.107 e. The summed E-state index contributed by atoms with van der Waals surface area (Å²) in [5.41, 5.74) is 2.33. The first-order chi connectivity index (χ1) is 13.7. The molecule has 0 aliphatic heterocycles. The summed E-state index contributed by atoms with van der Waals surface area (Å²) in [4.78, 5) is 0. The number of hydrogen-bond donors (Lipinski definition) is 0. The molecule has 0 bridgehead atoms. The van der Waals surface area contributed by atoms with Crippen LogP contribution in [0.3, 0.4) is 0 Å². The van der Waals surface area contributed by atoms with Gasteiger partial charge in [0.2, 0.25) is 0 Å². The molecule has 0 atom stereocenters. The molecule has 0 saturated carbocycles. The van der Waals surface area contributed by atoms with Crippen LogP contribution in [0.5, 0.6) is 0 Å². The standard InChI is InChI=1S/C27H23P/c1-22-18-20-24(21-19-22)23(2)28(25-12-6-3-7-13-25,26-14-8-4-9-15-26)27-16-10-5-11-17-27/h2-21H,1H3. The Labute approximate surface area is 168 Å². The molecule has 0 aliphatic carbocycles. The van der Waals surface area contributed by atoms with Crippen molar-refractivity contribution >= 4 is 28.5 Å². The van der Waals surface area contributed by atoms with E-state index in [1.54, 1.807) is 0 Å². The van der Waals surface area contributed by atoms with Gasteiger partial charge in [0.25, 0.3) is 0 Å². The summed E-state index contributed by atoms with van der Waals surface area (Å²) in [6, 6.07) is 40.7. The molecule has 4 aromatic rings. The van der Waals surface area contributed by atoms with E-state index in [1.807, 2.05) is 0 Å². The monoisotopic (exact) mass is 378 g/mol. The van der Waals surface area contributed by atoms with E-state index in [0.717, 1.165) is 10.9 Å². The van der Waals surface area contributed by atoms with E-state index >= 15 is 0 Å². The first-order valence-electron chi connectivity index (χ1n) is 9.49. The van der Waals surface area contributed by atoms with Crippen LogP contribution in [-0.2, 0) is 0 Å². The van der Waals surface area contributed by atoms with Gasteiger partial charge in [-0.15, -0.1) is 17.7 Å². The summed E-state index contributed by atoms with van der Waals surface area (Å²) in [6.07, 6.45) is 0. The number of benzene rings is 4. The number of hydrogen-bond acceptors (Lipinski definition) is 0. The molecule has 0 fully saturated rings. The molecule has 0 spiro atoms. The van der Waals surface area contributed by atoms with Crippen LogP contribution in [0.15, 0.2) is 115 Å². The molecule has 0 N–H and O–H groups in total. The first-order valence-corrected chi connectivity index (χ1v) is 11.3. The fraction of sp³-hybridized carbons (Fsp3) is 0.0370. The van der Waals surface area contributed by atoms with Gasteiger partial charge in [0, 0.05) is 0 Å². The Morgan fingerprint density at radius 3 is 1.25 bits per heavy atom. The quantitative estimate of drug-likeness (QED) is 0.306. The van der Waals surface area contributed by atoms with E-state index in [9.17, 15) is 0 Å². The van der Waals surface area contributed by atoms with Crippen molar-refractivity contribution in [1.29, 1.82) is 0 Å². The van der Waals surface area contributed by atoms with E-state index in [-0.39, 0.29) is 0 Å². The minimum absolute atomic E-state index is 0.941. The molecule has 136 valence electrons. The highest BCUT2D eigenvalue weighted by molar-refractivity contribution is 8.03. The molecule has 28 heavy (non-hydrogen) atoms. The summed E-state index contributed by atoms with van der Waals surface area (Å²) in [6.45, 7) is 9.19. The largest absolute Gasteiger partial charge is 0.246 e. The zero-order valence-corrected chi connectivity index (χ0v) is 16.9. The van der Waals surface area contributed by atoms with Crippen molar-refractivity contribution in [3.63, 3.8) is 0 Å². The zero-order valence-electron chi connectivity index (χ0n) is 16.0. The van der Waals surface area contributed by atoms with Crippen LogP contribution >= 0.6 is 7.26 Å². The first kappa shape index (κ1) is 18.4. The fourth-order valence-corrected chi connectivity index (χ4v) is 7.86. The average Bonchev–Trinajstić information content (AvgIpc) is 2.77. The topological polar surface area (TPSA) is 0 Å². The van der Waals surface area contributed by atoms with Crippen molar-refractivity contribution in [2.45, 2.75) is 6.92 Å². The summed E-state index contributed by atoms with van der Waals surface area (Å²) in [7, 11) is -2.19. The van der Waals surface area contributed by atoms with Gasteiger partial charge in [0.1, 0.15) is 23.2 Å². The average molecular weight is 378 g/mol. The van der Waals surface area contributed by atoms with Crippen molar-refractivity contribution in [3.8, 4) is 0 Å². The third-order valence-corrected chi connectivity index (χ3v) is 9.34. The lowest BCUT2D eigenvalue weighted by molar-refractivity contribution is 1.46. The van der Waals surface area contributed by atoms with E-state index in [2.05, 4.69) is 122 Å². The van der Waals surface area contributed by atoms with E-state index in [1.165, 1.54) is 21.5 Å². The Morgan fingerprint density at radius 2 is 0.893 bits per heavy atom. The molecule has 4 aromatic carbocycles. The van der Waals surface area contributed by atoms with E-state index in [0.29, 0.717) is 0 Å². The third-order valence-electron chi connectivity index (χ3n) is 5.14. The Balaban J connectivity index is 2.07. The van der Waals surface area contributed by atoms with Gasteiger partial charge in [-0.25, -0.2) is 6.58 Å². The Kier molecular flexibility index (Phi) is 5.24. The SMILES string of the molecule is [CH-]=C(c1ccc(C)cc1)[P+](c1ccccc1)(c1ccccc1)c1ccccc1. The highest BCUT2D eigenvalue weighted by Crippen LogP contribution is 2.65. The minimum atomic E-state index is -2.19. The predicted molar refractivity (Wildman–Crippen MR) is 124 cm³/mol. The molecule has 0 unspecified atom stereocenters. The third kappa shape index (κ3) is 3.21. The van der Waals surface area contributed by atoms with Gasteiger partial charge < -0.3 is 0 Å². The van der Waals surface area contributed by atoms with Crippen LogP contribution < -0.4 is 15.9 Å². The van der Waals surface area contributed by atoms with Crippen LogP contribution in [0.1, 0.15) is 11.1 Å². The van der Waals surface area contributed by atoms with Gasteiger partial charge >= 0.3 is 0 Å². The van der Waals surface area contributed by atoms with Crippen molar-refractivity contribution in [2.24, 2.45) is 0 Å². The maximum atomic E-state index is 7.09. The molecule has 0 amide bonds. The van der Waals surface area contributed by atoms with Crippen molar-refractivity contribution in [3.05, 3.63) is 133 Å². The highest BCUT2D eigenvalue weighted by Gasteiger charge is 2.44. The second-order valence-electron chi connectivity index (χ2n) is 6.93. The normalized spacial score (nSPS) is 11.2. The lowest BCUT2D eigenvalue weighted by atomic mass is 10.1. The summed E-state index contributed by atoms with van der Waals surface area (Å²) in [5, 5.41) is 4.75. The molecule has 4 rings (SSSR count). The van der Waals surface area contributed by atoms with Gasteiger partial charge in [-0.3, -0.25) is 0 Å². The minimum Gasteiger partial charge on any atom is -0.246 e. The summed E-state index contributed by atoms with van der Waals surface area (Å²) >= 11 is 0. The van der Waals surface area contributed by atoms with Gasteiger partial charge in [-0.1, -0.05) is 77.6 Å². The molecule has 0 nitrogen and oxygen atoms in total. The van der Waals surface area contributed by atoms with Crippen molar-refractivity contribution < 1.29 is 0 Å². The van der Waals surface area contributed by atoms with Crippen LogP contribution in [0.4, 0.5) is 0 Å². The zero-order chi connectivity index (χ0) is 19.4. The van der Waals surface area contributed by atoms with Gasteiger partial charge in [-0.05, 0) is 43.3 Å². The van der Waals surface area contributed by atoms with Crippen LogP contribution in [0, 0.1) is 13.5 Å². The molecule has 0 radical (unpaired) electrons. The maximum Gasteiger partial charge on any atom is 0.107 e. The summed E-state index contributed by atoms with van der Waals surface area (Å²) in [5.74, 6) is 0. The van der Waals surface area contributed by atoms with Crippen LogP contribution in [-0.4, -0.2) is 0 Å². The molecule has 0 saturated heterocycles. The predicted octanol–water partition coefficient (Wildman–Crippen LogP) is 5.76. The van der Waals surface area contributed by atoms with Gasteiger partial charge in [0.05, 0.1) is 0 Å². The second-order valence-corrected chi connectivity index (χ2v) is 10.3. The molecular weight excluding hydrogens is 355 g/mol. The summed E-state index contributed by atoms with van der Waals surface area (Å²) < 4.78 is 0. The Morgan fingerprint density at radius 1 is 0.536 bits per heavy atom. The molecule has 0 aliphatic rings. The number of aryl methyl sites for hydroxylation is 1. The van der Waals surface area contributed by atoms with E-state index < -0.39 is 7.26 Å². The van der Waals surface area contributed by atoms with Crippen LogP contribution in [0.25, 0.3) is 5.31 Å². The number of rotatable bonds is 5.